The monoisotopic (exact) mass is 243 g/mol. The predicted molar refractivity (Wildman–Crippen MR) is 65.7 cm³/mol. The summed E-state index contributed by atoms with van der Waals surface area (Å²) in [7, 11) is 5.79. The molecule has 1 aromatic rings. The van der Waals surface area contributed by atoms with Crippen molar-refractivity contribution in [2.24, 2.45) is 0 Å². The molecule has 0 aliphatic heterocycles. The van der Waals surface area contributed by atoms with Gasteiger partial charge in [-0.15, -0.1) is 0 Å². The molecule has 0 bridgehead atoms. The van der Waals surface area contributed by atoms with Gasteiger partial charge in [0.25, 0.3) is 5.69 Å². The summed E-state index contributed by atoms with van der Waals surface area (Å²) < 4.78 is 0. The molecule has 0 radical (unpaired) electrons. The topological polar surface area (TPSA) is 43.1 Å². The molecule has 0 amide bonds. The van der Waals surface area contributed by atoms with Crippen molar-refractivity contribution in [3.63, 3.8) is 0 Å². The number of nitrogens with zero attached hydrogens (tertiary/aromatic N) is 1. The van der Waals surface area contributed by atoms with E-state index in [4.69, 9.17) is 10.0 Å². The van der Waals surface area contributed by atoms with Crippen LogP contribution < -0.4 is 0 Å². The molecular weight excluding hydrogens is 229 g/mol. The first kappa shape index (κ1) is 14.4. The van der Waals surface area contributed by atoms with Gasteiger partial charge in [0, 0.05) is 12.1 Å². The average molecular weight is 244 g/mol. The van der Waals surface area contributed by atoms with Crippen molar-refractivity contribution < 1.29 is 4.92 Å². The van der Waals surface area contributed by atoms with E-state index in [9.17, 15) is 10.1 Å². The van der Waals surface area contributed by atoms with Gasteiger partial charge in [0.05, 0.1) is 4.92 Å². The van der Waals surface area contributed by atoms with E-state index >= 15 is 0 Å². The fourth-order valence-electron chi connectivity index (χ4n) is 0.838. The molecular formula is C10H15AlClNO2. The van der Waals surface area contributed by atoms with Gasteiger partial charge in [-0.2, -0.15) is 0 Å². The van der Waals surface area contributed by atoms with Gasteiger partial charge in [0.15, 0.2) is 0 Å². The van der Waals surface area contributed by atoms with E-state index in [2.05, 4.69) is 13.8 Å². The second-order valence-electron chi connectivity index (χ2n) is 3.01. The number of non-ortho nitro benzene ring substituents is 1. The number of nitro benzene ring substituents is 1. The largest absolute Gasteiger partial charge is 0.399 e. The third-order valence-electron chi connectivity index (χ3n) is 1.85. The fraction of sp³-hybridized carbons (Fsp3) is 0.400. The normalized spacial score (nSPS) is 8.73. The number of halogens is 1. The molecule has 0 spiro atoms. The van der Waals surface area contributed by atoms with E-state index in [-0.39, 0.29) is 5.69 Å². The van der Waals surface area contributed by atoms with Crippen LogP contribution in [0.25, 0.3) is 0 Å². The van der Waals surface area contributed by atoms with Crippen LogP contribution in [0.3, 0.4) is 0 Å². The molecule has 3 nitrogen and oxygen atoms in total. The highest BCUT2D eigenvalue weighted by Gasteiger charge is 2.05. The Labute approximate surface area is 98.8 Å². The molecule has 0 heterocycles. The third-order valence-corrected chi connectivity index (χ3v) is 5.48. The Kier molecular flexibility index (Phi) is 8.40. The molecule has 0 atom stereocenters. The van der Waals surface area contributed by atoms with E-state index in [0.29, 0.717) is 0 Å². The average Bonchev–Trinajstić information content (AvgIpc) is 2.30. The van der Waals surface area contributed by atoms with Crippen molar-refractivity contribution in [2.45, 2.75) is 24.4 Å². The van der Waals surface area contributed by atoms with Gasteiger partial charge in [-0.1, -0.05) is 42.6 Å². The van der Waals surface area contributed by atoms with Gasteiger partial charge in [0.1, 0.15) is 0 Å². The van der Waals surface area contributed by atoms with Crippen LogP contribution in [0.2, 0.25) is 10.6 Å². The Balaban J connectivity index is 0.000000288. The van der Waals surface area contributed by atoms with Gasteiger partial charge in [0.2, 0.25) is 0 Å². The van der Waals surface area contributed by atoms with Crippen LogP contribution in [0.15, 0.2) is 30.3 Å². The van der Waals surface area contributed by atoms with Gasteiger partial charge in [-0.25, -0.2) is 0 Å². The molecule has 0 aliphatic carbocycles. The Morgan fingerprint density at radius 1 is 1.27 bits per heavy atom. The van der Waals surface area contributed by atoms with Gasteiger partial charge >= 0.3 is 13.2 Å². The molecule has 5 heteroatoms. The zero-order valence-electron chi connectivity index (χ0n) is 9.02. The maximum absolute atomic E-state index is 10.0. The lowest BCUT2D eigenvalue weighted by atomic mass is 10.3. The van der Waals surface area contributed by atoms with Crippen molar-refractivity contribution in [3.05, 3.63) is 40.4 Å². The lowest BCUT2D eigenvalue weighted by Gasteiger charge is -1.86. The highest BCUT2D eigenvalue weighted by molar-refractivity contribution is 7.06. The third kappa shape index (κ3) is 7.38. The van der Waals surface area contributed by atoms with Crippen molar-refractivity contribution in [3.8, 4) is 0 Å². The molecule has 0 saturated carbocycles. The number of hydrogen-bond acceptors (Lipinski definition) is 2. The van der Waals surface area contributed by atoms with Gasteiger partial charge in [-0.3, -0.25) is 20.2 Å². The van der Waals surface area contributed by atoms with Crippen LogP contribution in [0.5, 0.6) is 0 Å². The summed E-state index contributed by atoms with van der Waals surface area (Å²) in [4.78, 5) is 9.59. The van der Waals surface area contributed by atoms with E-state index in [1.165, 1.54) is 22.7 Å². The Morgan fingerprint density at radius 2 is 1.73 bits per heavy atom. The van der Waals surface area contributed by atoms with Crippen LogP contribution in [-0.4, -0.2) is 18.2 Å². The van der Waals surface area contributed by atoms with Gasteiger partial charge < -0.3 is 0 Å². The molecule has 0 unspecified atom stereocenters. The smallest absolute Gasteiger partial charge is 0.261 e. The lowest BCUT2D eigenvalue weighted by Crippen LogP contribution is -1.95. The molecule has 1 rings (SSSR count). The van der Waals surface area contributed by atoms with E-state index in [0.717, 1.165) is 0 Å². The Hall–Kier alpha value is -0.558. The first-order chi connectivity index (χ1) is 7.11. The maximum Gasteiger partial charge on any atom is 0.399 e. The van der Waals surface area contributed by atoms with Crippen LogP contribution in [0.4, 0.5) is 5.69 Å². The van der Waals surface area contributed by atoms with E-state index in [1.54, 1.807) is 18.2 Å². The summed E-state index contributed by atoms with van der Waals surface area (Å²) in [6.07, 6.45) is 0. The van der Waals surface area contributed by atoms with Gasteiger partial charge in [-0.05, 0) is 0 Å². The second kappa shape index (κ2) is 8.73. The first-order valence-corrected chi connectivity index (χ1v) is 8.33. The minimum absolute atomic E-state index is 0.137. The minimum atomic E-state index is -0.688. The minimum Gasteiger partial charge on any atom is -0.261 e. The number of nitro groups is 1. The standard InChI is InChI=1S/C6H5NO2.2C2H5.Al.ClH/c8-7(9)6-4-2-1-3-5-6;2*1-2;;/h1-5H;2*1H2,2H3;;1H/q;;;+1;/p-1. The van der Waals surface area contributed by atoms with Crippen LogP contribution in [0, 0.1) is 10.1 Å². The molecule has 0 fully saturated rings. The van der Waals surface area contributed by atoms with Crippen LogP contribution in [-0.2, 0) is 0 Å². The molecule has 0 saturated heterocycles. The lowest BCUT2D eigenvalue weighted by molar-refractivity contribution is -0.384. The molecule has 1 aromatic carbocycles. The number of rotatable bonds is 3. The second-order valence-corrected chi connectivity index (χ2v) is 7.69. The summed E-state index contributed by atoms with van der Waals surface area (Å²) in [5.41, 5.74) is 0.137. The van der Waals surface area contributed by atoms with E-state index in [1.807, 2.05) is 0 Å². The molecule has 15 heavy (non-hydrogen) atoms. The van der Waals surface area contributed by atoms with E-state index < -0.39 is 18.2 Å². The fourth-order valence-corrected chi connectivity index (χ4v) is 1.42. The Morgan fingerprint density at radius 3 is 1.93 bits per heavy atom. The first-order valence-electron chi connectivity index (χ1n) is 4.95. The molecule has 0 aliphatic rings. The number of hydrogen-bond donors (Lipinski definition) is 0. The summed E-state index contributed by atoms with van der Waals surface area (Å²) in [5, 5.41) is 12.5. The Bertz CT molecular complexity index is 278. The van der Waals surface area contributed by atoms with Crippen molar-refractivity contribution in [1.82, 2.24) is 0 Å². The summed E-state index contributed by atoms with van der Waals surface area (Å²) >= 11 is -0.688. The molecule has 0 aromatic heterocycles. The summed E-state index contributed by atoms with van der Waals surface area (Å²) in [6.45, 7) is 4.32. The van der Waals surface area contributed by atoms with Crippen molar-refractivity contribution in [2.75, 3.05) is 0 Å². The quantitative estimate of drug-likeness (QED) is 0.460. The number of benzene rings is 1. The summed E-state index contributed by atoms with van der Waals surface area (Å²) in [5.74, 6) is 0. The molecule has 82 valence electrons. The van der Waals surface area contributed by atoms with Crippen molar-refractivity contribution >= 4 is 29.0 Å². The molecule has 0 N–H and O–H groups in total. The zero-order chi connectivity index (χ0) is 11.7. The maximum atomic E-state index is 10.0. The van der Waals surface area contributed by atoms with Crippen LogP contribution in [0.1, 0.15) is 13.8 Å². The highest BCUT2D eigenvalue weighted by atomic mass is 35.6. The zero-order valence-corrected chi connectivity index (χ0v) is 10.9. The van der Waals surface area contributed by atoms with Crippen molar-refractivity contribution in [1.29, 1.82) is 0 Å². The summed E-state index contributed by atoms with van der Waals surface area (Å²) in [6, 6.07) is 7.93. The SMILES string of the molecule is C[CH2][Al]([Cl])[CH2]C.O=[N+]([O-])c1ccccc1. The number of para-hydroxylation sites is 1. The predicted octanol–water partition coefficient (Wildman–Crippen LogP) is 3.85. The highest BCUT2D eigenvalue weighted by Crippen LogP contribution is 2.06. The van der Waals surface area contributed by atoms with Crippen LogP contribution >= 0.6 is 10.0 Å².